The third kappa shape index (κ3) is 3.85. The van der Waals surface area contributed by atoms with Crippen molar-refractivity contribution < 1.29 is 18.8 Å². The predicted molar refractivity (Wildman–Crippen MR) is 94.1 cm³/mol. The van der Waals surface area contributed by atoms with Crippen LogP contribution < -0.4 is 10.8 Å². The maximum atomic E-state index is 10.7. The lowest BCUT2D eigenvalue weighted by atomic mass is 10.1. The number of hydrogen-bond acceptors (Lipinski definition) is 5. The summed E-state index contributed by atoms with van der Waals surface area (Å²) >= 11 is 0. The predicted octanol–water partition coefficient (Wildman–Crippen LogP) is 2.33. The van der Waals surface area contributed by atoms with E-state index in [9.17, 15) is 15.5 Å². The van der Waals surface area contributed by atoms with Crippen LogP contribution in [0, 0.1) is 16.3 Å². The van der Waals surface area contributed by atoms with Gasteiger partial charge in [-0.25, -0.2) is 0 Å². The summed E-state index contributed by atoms with van der Waals surface area (Å²) in [4.78, 5) is -0.443. The van der Waals surface area contributed by atoms with Gasteiger partial charge in [-0.2, -0.15) is 4.90 Å². The molecule has 0 aromatic carbocycles. The summed E-state index contributed by atoms with van der Waals surface area (Å²) in [7, 11) is 0. The third-order valence-electron chi connectivity index (χ3n) is 3.69. The molecule has 0 spiro atoms. The minimum Gasteiger partial charge on any atom is -0.612 e. The van der Waals surface area contributed by atoms with Gasteiger partial charge in [-0.05, 0) is 42.3 Å². The molecule has 25 heavy (non-hydrogen) atoms. The van der Waals surface area contributed by atoms with Gasteiger partial charge in [0, 0.05) is 24.1 Å². The molecule has 6 heteroatoms. The molecule has 3 rings (SSSR count). The summed E-state index contributed by atoms with van der Waals surface area (Å²) in [5, 5.41) is 31.3. The molecule has 130 valence electrons. The molecule has 0 bridgehead atoms. The highest BCUT2D eigenvalue weighted by atomic mass is 16.8. The van der Waals surface area contributed by atoms with Gasteiger partial charge in [-0.3, -0.25) is 0 Å². The van der Waals surface area contributed by atoms with Crippen molar-refractivity contribution in [3.05, 3.63) is 75.1 Å². The average Bonchev–Trinajstić information content (AvgIpc) is 3.14. The minimum atomic E-state index is -0.443. The fraction of sp³-hybridized carbons (Fsp3) is 0.211. The van der Waals surface area contributed by atoms with Crippen molar-refractivity contribution in [1.29, 1.82) is 0 Å². The van der Waals surface area contributed by atoms with E-state index in [1.54, 1.807) is 36.4 Å². The fourth-order valence-electron chi connectivity index (χ4n) is 2.54. The molecule has 0 fully saturated rings. The quantitative estimate of drug-likeness (QED) is 0.683. The SMILES string of the molecule is CC(C)Cc1cc(C=c2ccc(=C3C=CC(=[N+]([O-])[O-])C=C3)o2)c(O)o1. The lowest BCUT2D eigenvalue weighted by Gasteiger charge is -2.07. The van der Waals surface area contributed by atoms with E-state index in [2.05, 4.69) is 13.8 Å². The molecule has 6 nitrogen and oxygen atoms in total. The van der Waals surface area contributed by atoms with Crippen LogP contribution in [0.4, 0.5) is 0 Å². The Bertz CT molecular complexity index is 963. The molecule has 0 unspecified atom stereocenters. The Balaban J connectivity index is 1.92. The van der Waals surface area contributed by atoms with E-state index < -0.39 is 4.90 Å². The summed E-state index contributed by atoms with van der Waals surface area (Å²) in [5.74, 6) is 1.01. The van der Waals surface area contributed by atoms with E-state index in [4.69, 9.17) is 8.83 Å². The lowest BCUT2D eigenvalue weighted by Crippen LogP contribution is -2.09. The highest BCUT2D eigenvalue weighted by molar-refractivity contribution is 6.05. The van der Waals surface area contributed by atoms with Gasteiger partial charge in [0.2, 0.25) is 5.71 Å². The van der Waals surface area contributed by atoms with Crippen LogP contribution in [-0.2, 0) is 6.42 Å². The number of hydrogen-bond donors (Lipinski definition) is 1. The molecule has 2 aromatic rings. The van der Waals surface area contributed by atoms with Crippen molar-refractivity contribution in [2.75, 3.05) is 0 Å². The number of aromatic hydroxyl groups is 1. The van der Waals surface area contributed by atoms with E-state index in [1.807, 2.05) is 0 Å². The standard InChI is InChI=1S/C19H18NO5/c1-12(2)9-17-11-14(19(21)25-17)10-16-7-8-18(24-16)13-3-5-15(6-4-13)20(22)23/h3-8,10-12H,9H2,1-2H3,(H-,21,22,23)/q-1. The normalized spacial score (nSPS) is 14.8. The molecule has 1 aliphatic carbocycles. The Morgan fingerprint density at radius 1 is 1.12 bits per heavy atom. The molecule has 1 N–H and O–H groups in total. The molecule has 0 radical (unpaired) electrons. The summed E-state index contributed by atoms with van der Waals surface area (Å²) in [6, 6.07) is 5.34. The van der Waals surface area contributed by atoms with Gasteiger partial charge in [-0.15, -0.1) is 0 Å². The fourth-order valence-corrected chi connectivity index (χ4v) is 2.54. The van der Waals surface area contributed by atoms with Crippen LogP contribution in [0.5, 0.6) is 5.95 Å². The second-order valence-electron chi connectivity index (χ2n) is 6.22. The number of nitrogens with zero attached hydrogens (tertiary/aromatic N) is 1. The second-order valence-corrected chi connectivity index (χ2v) is 6.22. The smallest absolute Gasteiger partial charge is 0.289 e. The van der Waals surface area contributed by atoms with Crippen LogP contribution in [0.15, 0.2) is 51.3 Å². The number of furan rings is 2. The van der Waals surface area contributed by atoms with Crippen LogP contribution in [0.1, 0.15) is 25.2 Å². The minimum absolute atomic E-state index is 0.0306. The Morgan fingerprint density at radius 2 is 1.84 bits per heavy atom. The maximum Gasteiger partial charge on any atom is 0.289 e. The van der Waals surface area contributed by atoms with Crippen LogP contribution in [0.25, 0.3) is 11.6 Å². The van der Waals surface area contributed by atoms with Crippen LogP contribution >= 0.6 is 0 Å². The van der Waals surface area contributed by atoms with E-state index in [1.165, 1.54) is 12.2 Å². The molecule has 0 saturated carbocycles. The van der Waals surface area contributed by atoms with Crippen molar-refractivity contribution in [3.63, 3.8) is 0 Å². The van der Waals surface area contributed by atoms with Crippen LogP contribution in [0.3, 0.4) is 0 Å². The maximum absolute atomic E-state index is 10.7. The molecule has 0 aliphatic heterocycles. The Labute approximate surface area is 144 Å². The zero-order chi connectivity index (χ0) is 18.0. The summed E-state index contributed by atoms with van der Waals surface area (Å²) in [5.41, 5.74) is 2.47. The first-order chi connectivity index (χ1) is 11.9. The molecule has 2 heterocycles. The summed E-state index contributed by atoms with van der Waals surface area (Å²) in [6.07, 6.45) is 8.57. The van der Waals surface area contributed by atoms with Crippen molar-refractivity contribution in [1.82, 2.24) is 0 Å². The zero-order valence-corrected chi connectivity index (χ0v) is 13.9. The monoisotopic (exact) mass is 340 g/mol. The highest BCUT2D eigenvalue weighted by Crippen LogP contribution is 2.24. The van der Waals surface area contributed by atoms with Crippen LogP contribution in [0.2, 0.25) is 0 Å². The highest BCUT2D eigenvalue weighted by Gasteiger charge is 2.10. The van der Waals surface area contributed by atoms with Crippen LogP contribution in [-0.4, -0.2) is 15.7 Å². The Hall–Kier alpha value is -3.15. The van der Waals surface area contributed by atoms with Crippen molar-refractivity contribution in [2.45, 2.75) is 20.3 Å². The molecule has 0 saturated heterocycles. The summed E-state index contributed by atoms with van der Waals surface area (Å²) < 4.78 is 11.1. The van der Waals surface area contributed by atoms with Crippen molar-refractivity contribution >= 4 is 17.4 Å². The van der Waals surface area contributed by atoms with Gasteiger partial charge in [0.05, 0.1) is 5.56 Å². The van der Waals surface area contributed by atoms with Gasteiger partial charge in [0.1, 0.15) is 16.6 Å². The largest absolute Gasteiger partial charge is 0.612 e. The Kier molecular flexibility index (Phi) is 4.52. The van der Waals surface area contributed by atoms with E-state index in [0.29, 0.717) is 22.3 Å². The van der Waals surface area contributed by atoms with E-state index in [0.717, 1.165) is 17.8 Å². The van der Waals surface area contributed by atoms with E-state index in [-0.39, 0.29) is 11.7 Å². The molecule has 1 aliphatic rings. The van der Waals surface area contributed by atoms with Crippen molar-refractivity contribution in [2.24, 2.45) is 5.92 Å². The van der Waals surface area contributed by atoms with Gasteiger partial charge in [-0.1, -0.05) is 13.8 Å². The lowest BCUT2D eigenvalue weighted by molar-refractivity contribution is -0.377. The average molecular weight is 340 g/mol. The van der Waals surface area contributed by atoms with Crippen molar-refractivity contribution in [3.8, 4) is 5.95 Å². The van der Waals surface area contributed by atoms with E-state index >= 15 is 0 Å². The first kappa shape index (κ1) is 16.7. The van der Waals surface area contributed by atoms with Gasteiger partial charge in [0.25, 0.3) is 5.95 Å². The molecule has 0 atom stereocenters. The van der Waals surface area contributed by atoms with Gasteiger partial charge < -0.3 is 24.4 Å². The first-order valence-electron chi connectivity index (χ1n) is 7.93. The molecular formula is C19H18NO5-. The number of rotatable bonds is 3. The topological polar surface area (TPSA) is 95.6 Å². The first-order valence-corrected chi connectivity index (χ1v) is 7.93. The third-order valence-corrected chi connectivity index (χ3v) is 3.69. The molecular weight excluding hydrogens is 322 g/mol. The van der Waals surface area contributed by atoms with Gasteiger partial charge >= 0.3 is 0 Å². The molecule has 2 aromatic heterocycles. The Morgan fingerprint density at radius 3 is 2.48 bits per heavy atom. The molecule has 0 amide bonds. The summed E-state index contributed by atoms with van der Waals surface area (Å²) in [6.45, 7) is 4.15. The van der Waals surface area contributed by atoms with Gasteiger partial charge in [0.15, 0.2) is 0 Å². The second kappa shape index (κ2) is 6.76. The zero-order valence-electron chi connectivity index (χ0n) is 13.9. The number of allylic oxidation sites excluding steroid dienone is 4.